The molecule has 4 atom stereocenters. The average molecular weight is 355 g/mol. The van der Waals surface area contributed by atoms with E-state index in [0.29, 0.717) is 0 Å². The van der Waals surface area contributed by atoms with E-state index in [0.717, 1.165) is 11.1 Å². The molecule has 1 saturated heterocycles. The molecule has 3 nitrogen and oxygen atoms in total. The molecule has 0 radical (unpaired) electrons. The van der Waals surface area contributed by atoms with Gasteiger partial charge in [0.25, 0.3) is 0 Å². The number of carbonyl (C=O) groups is 2. The van der Waals surface area contributed by atoms with Gasteiger partial charge in [-0.2, -0.15) is 0 Å². The standard InChI is InChI=1S/C24H21NO2/c1-13-3-7-15(8-4-13)19(16-9-5-14(2)6-10-16)20-17-11-12-18(20)22-21(17)23(26)25-24(22)27/h3-12,17-18,21-22H,1-2H3,(H,25,26,27)/t17-,18+,21-,22-/m1/s1. The molecule has 0 spiro atoms. The Hall–Kier alpha value is -2.94. The van der Waals surface area contributed by atoms with Crippen LogP contribution in [-0.4, -0.2) is 11.8 Å². The number of hydrogen-bond donors (Lipinski definition) is 1. The van der Waals surface area contributed by atoms with Crippen molar-refractivity contribution >= 4 is 17.4 Å². The molecular formula is C24H21NO2. The fourth-order valence-corrected chi connectivity index (χ4v) is 4.96. The molecule has 27 heavy (non-hydrogen) atoms. The van der Waals surface area contributed by atoms with Crippen molar-refractivity contribution in [1.29, 1.82) is 0 Å². The van der Waals surface area contributed by atoms with Crippen molar-refractivity contribution in [2.45, 2.75) is 13.8 Å². The predicted octanol–water partition coefficient (Wildman–Crippen LogP) is 3.81. The molecule has 1 aliphatic heterocycles. The highest BCUT2D eigenvalue weighted by Gasteiger charge is 2.59. The van der Waals surface area contributed by atoms with Gasteiger partial charge in [0, 0.05) is 11.8 Å². The van der Waals surface area contributed by atoms with Crippen LogP contribution in [-0.2, 0) is 9.59 Å². The van der Waals surface area contributed by atoms with E-state index in [4.69, 9.17) is 0 Å². The number of fused-ring (bicyclic) bond motifs is 5. The molecule has 1 saturated carbocycles. The highest BCUT2D eigenvalue weighted by molar-refractivity contribution is 6.08. The smallest absolute Gasteiger partial charge is 0.231 e. The van der Waals surface area contributed by atoms with Crippen molar-refractivity contribution in [3.8, 4) is 0 Å². The zero-order chi connectivity index (χ0) is 18.7. The number of carbonyl (C=O) groups excluding carboxylic acids is 2. The first-order valence-corrected chi connectivity index (χ1v) is 9.46. The average Bonchev–Trinajstić information content (AvgIpc) is 3.30. The van der Waals surface area contributed by atoms with E-state index >= 15 is 0 Å². The van der Waals surface area contributed by atoms with E-state index in [1.807, 2.05) is 0 Å². The second-order valence-corrected chi connectivity index (χ2v) is 7.90. The molecule has 0 unspecified atom stereocenters. The first-order valence-electron chi connectivity index (χ1n) is 9.46. The number of amides is 2. The van der Waals surface area contributed by atoms with Crippen molar-refractivity contribution in [2.24, 2.45) is 23.7 Å². The first-order chi connectivity index (χ1) is 13.0. The summed E-state index contributed by atoms with van der Waals surface area (Å²) in [5, 5.41) is 2.53. The molecule has 2 aromatic rings. The van der Waals surface area contributed by atoms with Crippen molar-refractivity contribution in [3.63, 3.8) is 0 Å². The topological polar surface area (TPSA) is 46.2 Å². The van der Waals surface area contributed by atoms with Gasteiger partial charge in [0.1, 0.15) is 0 Å². The maximum Gasteiger partial charge on any atom is 0.231 e. The minimum atomic E-state index is -0.256. The Morgan fingerprint density at radius 2 is 1.11 bits per heavy atom. The lowest BCUT2D eigenvalue weighted by Crippen LogP contribution is -2.26. The van der Waals surface area contributed by atoms with Crippen LogP contribution in [0.15, 0.2) is 66.3 Å². The summed E-state index contributed by atoms with van der Waals surface area (Å²) < 4.78 is 0. The zero-order valence-electron chi connectivity index (χ0n) is 15.4. The van der Waals surface area contributed by atoms with Crippen LogP contribution < -0.4 is 5.32 Å². The lowest BCUT2D eigenvalue weighted by atomic mass is 9.85. The Morgan fingerprint density at radius 1 is 0.704 bits per heavy atom. The Morgan fingerprint density at radius 3 is 1.52 bits per heavy atom. The fraction of sp³-hybridized carbons (Fsp3) is 0.250. The normalized spacial score (nSPS) is 27.9. The Kier molecular flexibility index (Phi) is 3.48. The minimum absolute atomic E-state index is 0.00376. The third kappa shape index (κ3) is 2.34. The number of hydrogen-bond acceptors (Lipinski definition) is 2. The van der Waals surface area contributed by atoms with E-state index in [9.17, 15) is 9.59 Å². The molecule has 3 aliphatic rings. The summed E-state index contributed by atoms with van der Waals surface area (Å²) in [4.78, 5) is 24.8. The largest absolute Gasteiger partial charge is 0.296 e. The second-order valence-electron chi connectivity index (χ2n) is 7.90. The molecule has 2 aromatic carbocycles. The molecule has 134 valence electrons. The van der Waals surface area contributed by atoms with E-state index in [2.05, 4.69) is 79.8 Å². The monoisotopic (exact) mass is 355 g/mol. The van der Waals surface area contributed by atoms with Gasteiger partial charge in [0.05, 0.1) is 11.8 Å². The molecule has 2 amide bonds. The van der Waals surface area contributed by atoms with E-state index < -0.39 is 0 Å². The summed E-state index contributed by atoms with van der Waals surface area (Å²) >= 11 is 0. The van der Waals surface area contributed by atoms with E-state index in [1.54, 1.807) is 0 Å². The van der Waals surface area contributed by atoms with Gasteiger partial charge < -0.3 is 0 Å². The van der Waals surface area contributed by atoms with Gasteiger partial charge >= 0.3 is 0 Å². The molecule has 2 fully saturated rings. The Balaban J connectivity index is 1.74. The maximum absolute atomic E-state index is 12.4. The molecule has 1 N–H and O–H groups in total. The van der Waals surface area contributed by atoms with Crippen molar-refractivity contribution in [3.05, 3.63) is 88.5 Å². The van der Waals surface area contributed by atoms with Crippen LogP contribution in [0.3, 0.4) is 0 Å². The highest BCUT2D eigenvalue weighted by Crippen LogP contribution is 2.56. The molecule has 2 bridgehead atoms. The van der Waals surface area contributed by atoms with E-state index in [-0.39, 0.29) is 35.5 Å². The summed E-state index contributed by atoms with van der Waals surface area (Å²) in [6.45, 7) is 4.16. The van der Waals surface area contributed by atoms with Crippen LogP contribution in [0.5, 0.6) is 0 Å². The molecule has 3 heteroatoms. The summed E-state index contributed by atoms with van der Waals surface area (Å²) in [5.41, 5.74) is 7.11. The van der Waals surface area contributed by atoms with Gasteiger partial charge in [-0.3, -0.25) is 14.9 Å². The van der Waals surface area contributed by atoms with Gasteiger partial charge in [-0.05, 0) is 36.1 Å². The third-order valence-electron chi connectivity index (χ3n) is 6.23. The number of imide groups is 1. The maximum atomic E-state index is 12.4. The minimum Gasteiger partial charge on any atom is -0.296 e. The first kappa shape index (κ1) is 16.2. The number of allylic oxidation sites excluding steroid dienone is 3. The van der Waals surface area contributed by atoms with Gasteiger partial charge in [-0.1, -0.05) is 71.8 Å². The van der Waals surface area contributed by atoms with Crippen molar-refractivity contribution < 1.29 is 9.59 Å². The van der Waals surface area contributed by atoms with Gasteiger partial charge in [0.2, 0.25) is 11.8 Å². The lowest BCUT2D eigenvalue weighted by Gasteiger charge is -2.18. The van der Waals surface area contributed by atoms with Gasteiger partial charge in [-0.15, -0.1) is 0 Å². The summed E-state index contributed by atoms with van der Waals surface area (Å²) in [5.74, 6) is -0.743. The number of benzene rings is 2. The summed E-state index contributed by atoms with van der Waals surface area (Å²) in [7, 11) is 0. The summed E-state index contributed by atoms with van der Waals surface area (Å²) in [6, 6.07) is 17.1. The van der Waals surface area contributed by atoms with E-state index in [1.165, 1.54) is 22.3 Å². The van der Waals surface area contributed by atoms with Gasteiger partial charge in [0.15, 0.2) is 0 Å². The fourth-order valence-electron chi connectivity index (χ4n) is 4.96. The van der Waals surface area contributed by atoms with Crippen molar-refractivity contribution in [1.82, 2.24) is 5.32 Å². The van der Waals surface area contributed by atoms with Crippen LogP contribution in [0, 0.1) is 37.5 Å². The molecular weight excluding hydrogens is 334 g/mol. The number of rotatable bonds is 2. The number of aryl methyl sites for hydroxylation is 2. The number of nitrogens with one attached hydrogen (secondary N) is 1. The van der Waals surface area contributed by atoms with Crippen LogP contribution >= 0.6 is 0 Å². The SMILES string of the molecule is Cc1ccc(C(=C2[C@H]3C=C[C@@H]2[C@H]2C(=O)NC(=O)[C@@H]23)c2ccc(C)cc2)cc1. The summed E-state index contributed by atoms with van der Waals surface area (Å²) in [6.07, 6.45) is 4.25. The van der Waals surface area contributed by atoms with Gasteiger partial charge in [-0.25, -0.2) is 0 Å². The Bertz CT molecular complexity index is 932. The third-order valence-corrected chi connectivity index (χ3v) is 6.23. The van der Waals surface area contributed by atoms with Crippen LogP contribution in [0.25, 0.3) is 5.57 Å². The van der Waals surface area contributed by atoms with Crippen LogP contribution in [0.4, 0.5) is 0 Å². The second kappa shape index (κ2) is 5.78. The molecule has 0 aromatic heterocycles. The van der Waals surface area contributed by atoms with Crippen molar-refractivity contribution in [2.75, 3.05) is 0 Å². The molecule has 2 aliphatic carbocycles. The quantitative estimate of drug-likeness (QED) is 0.658. The Labute approximate surface area is 158 Å². The predicted molar refractivity (Wildman–Crippen MR) is 105 cm³/mol. The van der Waals surface area contributed by atoms with Crippen LogP contribution in [0.2, 0.25) is 0 Å². The lowest BCUT2D eigenvalue weighted by molar-refractivity contribution is -0.126. The highest BCUT2D eigenvalue weighted by atomic mass is 16.2. The molecule has 1 heterocycles. The van der Waals surface area contributed by atoms with Crippen LogP contribution in [0.1, 0.15) is 22.3 Å². The zero-order valence-corrected chi connectivity index (χ0v) is 15.4. The molecule has 5 rings (SSSR count).